The third-order valence-corrected chi connectivity index (χ3v) is 4.44. The predicted octanol–water partition coefficient (Wildman–Crippen LogP) is 4.47. The zero-order chi connectivity index (χ0) is 14.6. The van der Waals surface area contributed by atoms with Gasteiger partial charge in [-0.15, -0.1) is 11.3 Å². The summed E-state index contributed by atoms with van der Waals surface area (Å²) in [4.78, 5) is 13.6. The molecule has 0 amide bonds. The monoisotopic (exact) mass is 308 g/mol. The van der Waals surface area contributed by atoms with Crippen LogP contribution in [0.1, 0.15) is 24.3 Å². The summed E-state index contributed by atoms with van der Waals surface area (Å²) in [5, 5.41) is 2.68. The molecule has 4 heteroatoms. The molecule has 0 N–H and O–H groups in total. The lowest BCUT2D eigenvalue weighted by atomic mass is 9.79. The van der Waals surface area contributed by atoms with E-state index in [1.165, 1.54) is 0 Å². The second kappa shape index (κ2) is 6.42. The molecular formula is C16H17ClO2S. The van der Waals surface area contributed by atoms with Crippen LogP contribution in [0.5, 0.6) is 0 Å². The number of ether oxygens (including phenoxy) is 1. The van der Waals surface area contributed by atoms with Crippen LogP contribution >= 0.6 is 22.9 Å². The molecule has 0 aliphatic heterocycles. The molecule has 2 rings (SSSR count). The molecule has 2 aromatic rings. The van der Waals surface area contributed by atoms with Crippen molar-refractivity contribution in [3.63, 3.8) is 0 Å². The highest BCUT2D eigenvalue weighted by molar-refractivity contribution is 7.09. The van der Waals surface area contributed by atoms with Crippen molar-refractivity contribution < 1.29 is 9.53 Å². The Hall–Kier alpha value is -1.32. The highest BCUT2D eigenvalue weighted by Gasteiger charge is 2.37. The van der Waals surface area contributed by atoms with Gasteiger partial charge in [-0.3, -0.25) is 4.79 Å². The Kier molecular flexibility index (Phi) is 4.84. The van der Waals surface area contributed by atoms with E-state index in [0.717, 1.165) is 10.4 Å². The van der Waals surface area contributed by atoms with E-state index in [0.29, 0.717) is 18.1 Å². The Labute approximate surface area is 128 Å². The fourth-order valence-electron chi connectivity index (χ4n) is 2.16. The first-order chi connectivity index (χ1) is 9.56. The third kappa shape index (κ3) is 3.22. The molecule has 0 bridgehead atoms. The van der Waals surface area contributed by atoms with Gasteiger partial charge in [0.05, 0.1) is 12.0 Å². The van der Waals surface area contributed by atoms with Crippen LogP contribution in [-0.4, -0.2) is 12.6 Å². The van der Waals surface area contributed by atoms with Crippen LogP contribution in [0.4, 0.5) is 0 Å². The van der Waals surface area contributed by atoms with Crippen LogP contribution in [0, 0.1) is 0 Å². The second-order valence-corrected chi connectivity index (χ2v) is 6.28. The number of carbonyl (C=O) groups is 1. The third-order valence-electron chi connectivity index (χ3n) is 3.32. The molecule has 2 nitrogen and oxygen atoms in total. The Morgan fingerprint density at radius 2 is 2.00 bits per heavy atom. The van der Waals surface area contributed by atoms with Gasteiger partial charge < -0.3 is 4.74 Å². The lowest BCUT2D eigenvalue weighted by Crippen LogP contribution is -2.36. The van der Waals surface area contributed by atoms with Gasteiger partial charge in [0.15, 0.2) is 0 Å². The number of carbonyl (C=O) groups excluding carboxylic acids is 1. The normalized spacial score (nSPS) is 13.8. The van der Waals surface area contributed by atoms with Crippen molar-refractivity contribution in [1.29, 1.82) is 0 Å². The number of thiophene rings is 1. The van der Waals surface area contributed by atoms with Gasteiger partial charge in [0.25, 0.3) is 0 Å². The van der Waals surface area contributed by atoms with Gasteiger partial charge in [-0.05, 0) is 43.0 Å². The summed E-state index contributed by atoms with van der Waals surface area (Å²) in [5.41, 5.74) is 0.236. The van der Waals surface area contributed by atoms with E-state index >= 15 is 0 Å². The highest BCUT2D eigenvalue weighted by Crippen LogP contribution is 2.32. The standard InChI is InChI=1S/C16H17ClO2S/c1-3-19-15(18)16(2,11-14-5-4-10-20-14)12-6-8-13(17)9-7-12/h4-10H,3,11H2,1-2H3. The van der Waals surface area contributed by atoms with Gasteiger partial charge in [0, 0.05) is 16.3 Å². The molecule has 1 aromatic carbocycles. The number of hydrogen-bond acceptors (Lipinski definition) is 3. The molecule has 0 saturated carbocycles. The Balaban J connectivity index is 2.37. The number of hydrogen-bond donors (Lipinski definition) is 0. The molecule has 0 fully saturated rings. The minimum absolute atomic E-state index is 0.198. The summed E-state index contributed by atoms with van der Waals surface area (Å²) in [5.74, 6) is -0.198. The van der Waals surface area contributed by atoms with Crippen LogP contribution in [0.15, 0.2) is 41.8 Å². The second-order valence-electron chi connectivity index (χ2n) is 4.82. The Morgan fingerprint density at radius 1 is 1.30 bits per heavy atom. The summed E-state index contributed by atoms with van der Waals surface area (Å²) in [7, 11) is 0. The summed E-state index contributed by atoms with van der Waals surface area (Å²) < 4.78 is 5.27. The molecule has 1 aromatic heterocycles. The fraction of sp³-hybridized carbons (Fsp3) is 0.312. The van der Waals surface area contributed by atoms with Crippen molar-refractivity contribution in [3.8, 4) is 0 Å². The summed E-state index contributed by atoms with van der Waals surface area (Å²) in [6.45, 7) is 4.13. The van der Waals surface area contributed by atoms with E-state index in [9.17, 15) is 4.79 Å². The molecule has 0 radical (unpaired) electrons. The van der Waals surface area contributed by atoms with Gasteiger partial charge >= 0.3 is 5.97 Å². The number of rotatable bonds is 5. The first kappa shape index (κ1) is 15.1. The molecule has 1 unspecified atom stereocenters. The average molecular weight is 309 g/mol. The van der Waals surface area contributed by atoms with Crippen LogP contribution in [0.2, 0.25) is 5.02 Å². The first-order valence-electron chi connectivity index (χ1n) is 6.52. The molecule has 0 aliphatic carbocycles. The summed E-state index contributed by atoms with van der Waals surface area (Å²) in [6, 6.07) is 11.4. The predicted molar refractivity (Wildman–Crippen MR) is 83.5 cm³/mol. The highest BCUT2D eigenvalue weighted by atomic mass is 35.5. The smallest absolute Gasteiger partial charge is 0.316 e. The maximum absolute atomic E-state index is 12.4. The topological polar surface area (TPSA) is 26.3 Å². The number of esters is 1. The van der Waals surface area contributed by atoms with Gasteiger partial charge in [-0.1, -0.05) is 29.8 Å². The number of benzene rings is 1. The van der Waals surface area contributed by atoms with Gasteiger partial charge in [0.1, 0.15) is 0 Å². The molecule has 0 saturated heterocycles. The van der Waals surface area contributed by atoms with Crippen molar-refractivity contribution >= 4 is 28.9 Å². The molecule has 1 atom stereocenters. The maximum Gasteiger partial charge on any atom is 0.316 e. The SMILES string of the molecule is CCOC(=O)C(C)(Cc1cccs1)c1ccc(Cl)cc1. The van der Waals surface area contributed by atoms with Crippen molar-refractivity contribution in [2.75, 3.05) is 6.61 Å². The zero-order valence-corrected chi connectivity index (χ0v) is 13.1. The molecular weight excluding hydrogens is 292 g/mol. The average Bonchev–Trinajstić information content (AvgIpc) is 2.92. The Morgan fingerprint density at radius 3 is 2.55 bits per heavy atom. The molecule has 0 spiro atoms. The Bertz CT molecular complexity index is 563. The minimum Gasteiger partial charge on any atom is -0.465 e. The van der Waals surface area contributed by atoms with E-state index in [1.807, 2.05) is 55.6 Å². The van der Waals surface area contributed by atoms with E-state index in [4.69, 9.17) is 16.3 Å². The molecule has 0 aliphatic rings. The van der Waals surface area contributed by atoms with E-state index in [1.54, 1.807) is 11.3 Å². The van der Waals surface area contributed by atoms with Crippen molar-refractivity contribution in [2.24, 2.45) is 0 Å². The molecule has 106 valence electrons. The van der Waals surface area contributed by atoms with Crippen LogP contribution in [-0.2, 0) is 21.4 Å². The first-order valence-corrected chi connectivity index (χ1v) is 7.77. The van der Waals surface area contributed by atoms with Crippen LogP contribution in [0.25, 0.3) is 0 Å². The van der Waals surface area contributed by atoms with Crippen molar-refractivity contribution in [3.05, 3.63) is 57.2 Å². The van der Waals surface area contributed by atoms with Gasteiger partial charge in [-0.25, -0.2) is 0 Å². The van der Waals surface area contributed by atoms with E-state index < -0.39 is 5.41 Å². The quantitative estimate of drug-likeness (QED) is 0.762. The largest absolute Gasteiger partial charge is 0.465 e. The van der Waals surface area contributed by atoms with E-state index in [-0.39, 0.29) is 5.97 Å². The number of halogens is 1. The lowest BCUT2D eigenvalue weighted by Gasteiger charge is -2.27. The van der Waals surface area contributed by atoms with E-state index in [2.05, 4.69) is 0 Å². The van der Waals surface area contributed by atoms with Crippen molar-refractivity contribution in [1.82, 2.24) is 0 Å². The minimum atomic E-state index is -0.689. The maximum atomic E-state index is 12.4. The molecule has 20 heavy (non-hydrogen) atoms. The van der Waals surface area contributed by atoms with Gasteiger partial charge in [0.2, 0.25) is 0 Å². The van der Waals surface area contributed by atoms with Gasteiger partial charge in [-0.2, -0.15) is 0 Å². The lowest BCUT2D eigenvalue weighted by molar-refractivity contribution is -0.149. The van der Waals surface area contributed by atoms with Crippen LogP contribution in [0.3, 0.4) is 0 Å². The zero-order valence-electron chi connectivity index (χ0n) is 11.6. The summed E-state index contributed by atoms with van der Waals surface area (Å²) in [6.07, 6.45) is 0.630. The molecule has 1 heterocycles. The summed E-state index contributed by atoms with van der Waals surface area (Å²) >= 11 is 7.58. The van der Waals surface area contributed by atoms with Crippen LogP contribution < -0.4 is 0 Å². The fourth-order valence-corrected chi connectivity index (χ4v) is 3.15. The van der Waals surface area contributed by atoms with Crippen molar-refractivity contribution in [2.45, 2.75) is 25.7 Å².